The number of carboxylic acids is 2. The van der Waals surface area contributed by atoms with Gasteiger partial charge in [-0.25, -0.2) is 9.59 Å². The van der Waals surface area contributed by atoms with E-state index in [-0.39, 0.29) is 43.3 Å². The number of nitriles is 1. The Balaban J connectivity index is 2.05. The minimum atomic E-state index is -1.30. The van der Waals surface area contributed by atoms with E-state index in [1.165, 1.54) is 0 Å². The summed E-state index contributed by atoms with van der Waals surface area (Å²) in [7, 11) is 1.56. The van der Waals surface area contributed by atoms with Gasteiger partial charge in [-0.15, -0.1) is 4.99 Å². The summed E-state index contributed by atoms with van der Waals surface area (Å²) in [5.41, 5.74) is 1.58. The lowest BCUT2D eigenvalue weighted by Gasteiger charge is -2.23. The summed E-state index contributed by atoms with van der Waals surface area (Å²) in [4.78, 5) is 53.0. The molecule has 0 aliphatic rings. The van der Waals surface area contributed by atoms with E-state index in [0.717, 1.165) is 0 Å². The average molecular weight is 667 g/mol. The summed E-state index contributed by atoms with van der Waals surface area (Å²) < 4.78 is 10.6. The molecule has 0 aliphatic carbocycles. The number of guanidine groups is 1. The van der Waals surface area contributed by atoms with Crippen molar-refractivity contribution in [2.45, 2.75) is 71.9 Å². The van der Waals surface area contributed by atoms with Gasteiger partial charge in [0.1, 0.15) is 11.8 Å². The van der Waals surface area contributed by atoms with E-state index in [9.17, 15) is 29.4 Å². The molecule has 3 atom stereocenters. The van der Waals surface area contributed by atoms with E-state index in [2.05, 4.69) is 26.3 Å². The van der Waals surface area contributed by atoms with Gasteiger partial charge >= 0.3 is 11.9 Å². The van der Waals surface area contributed by atoms with Crippen LogP contribution < -0.4 is 26.0 Å². The molecule has 48 heavy (non-hydrogen) atoms. The number of aliphatic carboxylic acids is 2. The lowest BCUT2D eigenvalue weighted by molar-refractivity contribution is -0.145. The van der Waals surface area contributed by atoms with Crippen LogP contribution in [0.25, 0.3) is 0 Å². The number of anilines is 2. The average Bonchev–Trinajstić information content (AvgIpc) is 3.00. The van der Waals surface area contributed by atoms with Crippen LogP contribution in [0.5, 0.6) is 5.75 Å². The molecule has 0 fully saturated rings. The molecule has 0 radical (unpaired) electrons. The zero-order valence-electron chi connectivity index (χ0n) is 28.2. The highest BCUT2D eigenvalue weighted by molar-refractivity contribution is 6.04. The van der Waals surface area contributed by atoms with Gasteiger partial charge in [-0.1, -0.05) is 46.8 Å². The number of carbonyl (C=O) groups is 4. The second-order valence-electron chi connectivity index (χ2n) is 12.8. The Morgan fingerprint density at radius 3 is 1.94 bits per heavy atom. The van der Waals surface area contributed by atoms with Gasteiger partial charge in [-0.05, 0) is 59.7 Å². The van der Waals surface area contributed by atoms with Crippen LogP contribution in [0.3, 0.4) is 0 Å². The topological polar surface area (TPSA) is 211 Å². The van der Waals surface area contributed by atoms with E-state index in [0.29, 0.717) is 29.1 Å². The second-order valence-corrected chi connectivity index (χ2v) is 12.8. The summed E-state index contributed by atoms with van der Waals surface area (Å²) in [5.74, 6) is -3.17. The Morgan fingerprint density at radius 1 is 0.896 bits per heavy atom. The number of carbonyl (C=O) groups excluding carboxylic acids is 2. The number of carboxylic acid groups (broad SMARTS) is 2. The first-order valence-electron chi connectivity index (χ1n) is 15.5. The van der Waals surface area contributed by atoms with Crippen molar-refractivity contribution in [3.05, 3.63) is 54.1 Å². The molecule has 0 heterocycles. The van der Waals surface area contributed by atoms with Crippen molar-refractivity contribution in [2.24, 2.45) is 16.3 Å². The Morgan fingerprint density at radius 2 is 1.46 bits per heavy atom. The standard InChI is InChI=1S/C34H46N6O8/c1-21(2)17-26(22-7-9-23(10-8-22)37-33(36-20-35)38-24-11-13-25(47-6)14-12-24)30(42)40-27(31(43)44)15-16-48-19-28(32(45)46)39-29(41)18-34(3,4)5/h7-14,21,26-28H,15-19H2,1-6H3,(H,39,41)(H,40,42)(H,43,44)(H,45,46)(H2,36,37,38). The van der Waals surface area contributed by atoms with Crippen LogP contribution in [0, 0.1) is 22.8 Å². The molecule has 2 aromatic rings. The number of nitrogens with one attached hydrogen (secondary N) is 4. The van der Waals surface area contributed by atoms with Crippen molar-refractivity contribution in [3.8, 4) is 11.9 Å². The quantitative estimate of drug-likeness (QED) is 0.0610. The van der Waals surface area contributed by atoms with E-state index in [4.69, 9.17) is 14.7 Å². The van der Waals surface area contributed by atoms with E-state index < -0.39 is 41.8 Å². The third-order valence-corrected chi connectivity index (χ3v) is 6.89. The largest absolute Gasteiger partial charge is 0.497 e. The van der Waals surface area contributed by atoms with Crippen molar-refractivity contribution in [1.82, 2.24) is 10.6 Å². The molecule has 0 spiro atoms. The molecule has 3 unspecified atom stereocenters. The fraction of sp³-hybridized carbons (Fsp3) is 0.471. The highest BCUT2D eigenvalue weighted by atomic mass is 16.5. The van der Waals surface area contributed by atoms with Crippen molar-refractivity contribution < 1.29 is 38.9 Å². The number of aliphatic imine (C=N–C) groups is 1. The summed E-state index contributed by atoms with van der Waals surface area (Å²) >= 11 is 0. The molecule has 0 saturated carbocycles. The summed E-state index contributed by atoms with van der Waals surface area (Å²) in [5, 5.41) is 39.5. The second kappa shape index (κ2) is 18.9. The van der Waals surface area contributed by atoms with Gasteiger partial charge in [0.05, 0.1) is 19.6 Å². The minimum absolute atomic E-state index is 0.106. The first-order chi connectivity index (χ1) is 22.6. The Hall–Kier alpha value is -5.16. The summed E-state index contributed by atoms with van der Waals surface area (Å²) in [6.07, 6.45) is 2.20. The summed E-state index contributed by atoms with van der Waals surface area (Å²) in [6, 6.07) is 11.4. The highest BCUT2D eigenvalue weighted by Crippen LogP contribution is 2.26. The smallest absolute Gasteiger partial charge is 0.328 e. The van der Waals surface area contributed by atoms with Crippen LogP contribution in [-0.2, 0) is 23.9 Å². The molecular weight excluding hydrogens is 620 g/mol. The van der Waals surface area contributed by atoms with Crippen molar-refractivity contribution in [2.75, 3.05) is 31.0 Å². The molecule has 0 saturated heterocycles. The molecule has 2 rings (SSSR count). The molecule has 14 nitrogen and oxygen atoms in total. The molecular formula is C34H46N6O8. The number of nitrogens with zero attached hydrogens (tertiary/aromatic N) is 2. The van der Waals surface area contributed by atoms with E-state index in [1.807, 2.05) is 34.6 Å². The predicted octanol–water partition coefficient (Wildman–Crippen LogP) is 4.17. The van der Waals surface area contributed by atoms with Crippen LogP contribution in [0.1, 0.15) is 65.4 Å². The molecule has 260 valence electrons. The maximum Gasteiger partial charge on any atom is 0.328 e. The minimum Gasteiger partial charge on any atom is -0.497 e. The van der Waals surface area contributed by atoms with Gasteiger partial charge in [0.15, 0.2) is 6.04 Å². The molecule has 2 aromatic carbocycles. The first-order valence-corrected chi connectivity index (χ1v) is 15.5. The van der Waals surface area contributed by atoms with E-state index in [1.54, 1.807) is 61.8 Å². The number of rotatable bonds is 17. The normalized spacial score (nSPS) is 13.4. The third-order valence-electron chi connectivity index (χ3n) is 6.89. The van der Waals surface area contributed by atoms with Crippen LogP contribution in [0.4, 0.5) is 11.4 Å². The number of amides is 2. The molecule has 0 bridgehead atoms. The van der Waals surface area contributed by atoms with Crippen LogP contribution in [0.2, 0.25) is 0 Å². The zero-order chi connectivity index (χ0) is 35.9. The lowest BCUT2D eigenvalue weighted by Crippen LogP contribution is -2.46. The number of hydrogen-bond acceptors (Lipinski definition) is 8. The van der Waals surface area contributed by atoms with Crippen molar-refractivity contribution in [3.63, 3.8) is 0 Å². The van der Waals surface area contributed by atoms with Crippen molar-refractivity contribution in [1.29, 1.82) is 5.26 Å². The number of hydrogen-bond donors (Lipinski definition) is 6. The third kappa shape index (κ3) is 14.1. The first kappa shape index (κ1) is 39.0. The molecule has 6 N–H and O–H groups in total. The molecule has 14 heteroatoms. The van der Waals surface area contributed by atoms with Gasteiger partial charge in [0.25, 0.3) is 0 Å². The van der Waals surface area contributed by atoms with Crippen LogP contribution >= 0.6 is 0 Å². The molecule has 0 aliphatic heterocycles. The van der Waals surface area contributed by atoms with Gasteiger partial charge in [0.2, 0.25) is 24.0 Å². The number of methoxy groups -OCH3 is 1. The highest BCUT2D eigenvalue weighted by Gasteiger charge is 2.28. The Labute approximate surface area is 280 Å². The van der Waals surface area contributed by atoms with Gasteiger partial charge in [-0.2, -0.15) is 5.26 Å². The fourth-order valence-corrected chi connectivity index (χ4v) is 4.58. The van der Waals surface area contributed by atoms with Gasteiger partial charge in [-0.3, -0.25) is 9.59 Å². The number of benzene rings is 2. The van der Waals surface area contributed by atoms with Crippen molar-refractivity contribution >= 4 is 41.1 Å². The molecule has 2 amide bonds. The fourth-order valence-electron chi connectivity index (χ4n) is 4.58. The molecule has 0 aromatic heterocycles. The maximum absolute atomic E-state index is 13.4. The van der Waals surface area contributed by atoms with Gasteiger partial charge in [0, 0.05) is 30.8 Å². The maximum atomic E-state index is 13.4. The monoisotopic (exact) mass is 666 g/mol. The predicted molar refractivity (Wildman–Crippen MR) is 181 cm³/mol. The summed E-state index contributed by atoms with van der Waals surface area (Å²) in [6.45, 7) is 8.93. The van der Waals surface area contributed by atoms with Gasteiger partial charge < -0.3 is 41.0 Å². The van der Waals surface area contributed by atoms with Crippen LogP contribution in [-0.4, -0.2) is 72.3 Å². The lowest BCUT2D eigenvalue weighted by atomic mass is 9.89. The van der Waals surface area contributed by atoms with Crippen LogP contribution in [0.15, 0.2) is 53.5 Å². The SMILES string of the molecule is COc1ccc(NC(=NC#N)Nc2ccc(C(CC(C)C)C(=O)NC(CCOCC(NC(=O)CC(C)(C)C)C(=O)O)C(=O)O)cc2)cc1. The Bertz CT molecular complexity index is 1450. The zero-order valence-corrected chi connectivity index (χ0v) is 28.2. The number of ether oxygens (including phenoxy) is 2. The Kier molecular flexibility index (Phi) is 15.3. The van der Waals surface area contributed by atoms with E-state index >= 15 is 0 Å².